The Hall–Kier alpha value is -2.20. The monoisotopic (exact) mass is 317 g/mol. The third kappa shape index (κ3) is 3.02. The van der Waals surface area contributed by atoms with Gasteiger partial charge in [-0.1, -0.05) is 29.8 Å². The minimum absolute atomic E-state index is 0.0584. The van der Waals surface area contributed by atoms with E-state index in [0.29, 0.717) is 23.9 Å². The minimum Gasteiger partial charge on any atom is -0.490 e. The number of benzene rings is 2. The number of para-hydroxylation sites is 1. The summed E-state index contributed by atoms with van der Waals surface area (Å²) in [6, 6.07) is 12.9. The molecular formula is C17H16ClNO3. The highest BCUT2D eigenvalue weighted by Gasteiger charge is 2.24. The molecule has 1 heterocycles. The van der Waals surface area contributed by atoms with Crippen molar-refractivity contribution in [3.63, 3.8) is 0 Å². The Kier molecular flexibility index (Phi) is 4.20. The van der Waals surface area contributed by atoms with Gasteiger partial charge in [-0.3, -0.25) is 4.79 Å². The Bertz CT molecular complexity index is 702. The molecule has 3 rings (SSSR count). The van der Waals surface area contributed by atoms with E-state index in [1.807, 2.05) is 37.3 Å². The number of carbonyl (C=O) groups excluding carboxylic acids is 1. The maximum absolute atomic E-state index is 12.5. The molecule has 0 aromatic heterocycles. The second kappa shape index (κ2) is 6.28. The highest BCUT2D eigenvalue weighted by atomic mass is 35.5. The summed E-state index contributed by atoms with van der Waals surface area (Å²) in [6.07, 6.45) is 0. The standard InChI is InChI=1S/C17H16ClNO3/c1-12-6-7-16-14(10-12)19(8-9-21-16)17(20)11-22-15-5-3-2-4-13(15)18/h2-7,10H,8-9,11H2,1H3. The summed E-state index contributed by atoms with van der Waals surface area (Å²) in [5.41, 5.74) is 1.87. The van der Waals surface area contributed by atoms with Gasteiger partial charge in [-0.25, -0.2) is 0 Å². The zero-order valence-corrected chi connectivity index (χ0v) is 13.0. The van der Waals surface area contributed by atoms with E-state index in [4.69, 9.17) is 21.1 Å². The second-order valence-corrected chi connectivity index (χ2v) is 5.49. The van der Waals surface area contributed by atoms with Crippen LogP contribution in [0.3, 0.4) is 0 Å². The Labute approximate surface area is 134 Å². The Morgan fingerprint density at radius 2 is 2.14 bits per heavy atom. The molecule has 1 aliphatic heterocycles. The number of hydrogen-bond donors (Lipinski definition) is 0. The number of rotatable bonds is 3. The maximum atomic E-state index is 12.5. The molecule has 5 heteroatoms. The van der Waals surface area contributed by atoms with Crippen LogP contribution in [0.5, 0.6) is 11.5 Å². The van der Waals surface area contributed by atoms with Crippen LogP contribution in [0.4, 0.5) is 5.69 Å². The highest BCUT2D eigenvalue weighted by Crippen LogP contribution is 2.32. The number of fused-ring (bicyclic) bond motifs is 1. The Morgan fingerprint density at radius 1 is 1.32 bits per heavy atom. The lowest BCUT2D eigenvalue weighted by atomic mass is 10.1. The summed E-state index contributed by atoms with van der Waals surface area (Å²) in [5.74, 6) is 1.12. The quantitative estimate of drug-likeness (QED) is 0.870. The summed E-state index contributed by atoms with van der Waals surface area (Å²) < 4.78 is 11.1. The molecule has 0 unspecified atom stereocenters. The van der Waals surface area contributed by atoms with Crippen LogP contribution < -0.4 is 14.4 Å². The van der Waals surface area contributed by atoms with E-state index in [2.05, 4.69) is 0 Å². The van der Waals surface area contributed by atoms with Crippen LogP contribution in [0.25, 0.3) is 0 Å². The first-order valence-electron chi connectivity index (χ1n) is 7.06. The molecule has 0 bridgehead atoms. The average molecular weight is 318 g/mol. The fraction of sp³-hybridized carbons (Fsp3) is 0.235. The zero-order chi connectivity index (χ0) is 15.5. The largest absolute Gasteiger partial charge is 0.490 e. The molecule has 0 N–H and O–H groups in total. The molecule has 0 radical (unpaired) electrons. The summed E-state index contributed by atoms with van der Waals surface area (Å²) in [4.78, 5) is 14.2. The van der Waals surface area contributed by atoms with Crippen molar-refractivity contribution < 1.29 is 14.3 Å². The van der Waals surface area contributed by atoms with Gasteiger partial charge in [0.15, 0.2) is 6.61 Å². The van der Waals surface area contributed by atoms with Gasteiger partial charge in [-0.2, -0.15) is 0 Å². The molecule has 2 aromatic carbocycles. The number of ether oxygens (including phenoxy) is 2. The van der Waals surface area contributed by atoms with Crippen LogP contribution in [0, 0.1) is 6.92 Å². The molecule has 114 valence electrons. The van der Waals surface area contributed by atoms with E-state index >= 15 is 0 Å². The summed E-state index contributed by atoms with van der Waals surface area (Å²) in [6.45, 7) is 2.92. The molecule has 0 atom stereocenters. The van der Waals surface area contributed by atoms with Crippen molar-refractivity contribution in [3.05, 3.63) is 53.1 Å². The van der Waals surface area contributed by atoms with Gasteiger partial charge in [0.05, 0.1) is 17.3 Å². The van der Waals surface area contributed by atoms with Gasteiger partial charge >= 0.3 is 0 Å². The van der Waals surface area contributed by atoms with E-state index in [9.17, 15) is 4.79 Å². The molecule has 22 heavy (non-hydrogen) atoms. The highest BCUT2D eigenvalue weighted by molar-refractivity contribution is 6.32. The second-order valence-electron chi connectivity index (χ2n) is 5.08. The van der Waals surface area contributed by atoms with E-state index < -0.39 is 0 Å². The molecule has 0 saturated carbocycles. The molecule has 1 amide bonds. The number of carbonyl (C=O) groups is 1. The molecule has 2 aromatic rings. The number of halogens is 1. The lowest BCUT2D eigenvalue weighted by Crippen LogP contribution is -2.40. The van der Waals surface area contributed by atoms with E-state index in [0.717, 1.165) is 17.0 Å². The first-order chi connectivity index (χ1) is 10.6. The molecular weight excluding hydrogens is 302 g/mol. The first-order valence-corrected chi connectivity index (χ1v) is 7.44. The number of aryl methyl sites for hydroxylation is 1. The van der Waals surface area contributed by atoms with Crippen LogP contribution in [-0.4, -0.2) is 25.7 Å². The van der Waals surface area contributed by atoms with Crippen molar-refractivity contribution in [1.82, 2.24) is 0 Å². The molecule has 0 spiro atoms. The molecule has 0 fully saturated rings. The number of hydrogen-bond acceptors (Lipinski definition) is 3. The predicted molar refractivity (Wildman–Crippen MR) is 86.0 cm³/mol. The third-order valence-electron chi connectivity index (χ3n) is 3.47. The Morgan fingerprint density at radius 3 is 2.95 bits per heavy atom. The van der Waals surface area contributed by atoms with Crippen LogP contribution in [-0.2, 0) is 4.79 Å². The Balaban J connectivity index is 1.74. The van der Waals surface area contributed by atoms with Crippen molar-refractivity contribution in [3.8, 4) is 11.5 Å². The van der Waals surface area contributed by atoms with Gasteiger partial charge in [0.25, 0.3) is 5.91 Å². The zero-order valence-electron chi connectivity index (χ0n) is 12.2. The summed E-state index contributed by atoms with van der Waals surface area (Å²) in [5, 5.41) is 0.494. The van der Waals surface area contributed by atoms with E-state index in [1.54, 1.807) is 17.0 Å². The van der Waals surface area contributed by atoms with E-state index in [-0.39, 0.29) is 12.5 Å². The van der Waals surface area contributed by atoms with Gasteiger partial charge in [0.2, 0.25) is 0 Å². The number of amides is 1. The minimum atomic E-state index is -0.116. The first kappa shape index (κ1) is 14.7. The lowest BCUT2D eigenvalue weighted by Gasteiger charge is -2.29. The summed E-state index contributed by atoms with van der Waals surface area (Å²) >= 11 is 6.03. The van der Waals surface area contributed by atoms with Crippen molar-refractivity contribution in [2.24, 2.45) is 0 Å². The molecule has 0 saturated heterocycles. The lowest BCUT2D eigenvalue weighted by molar-refractivity contribution is -0.120. The van der Waals surface area contributed by atoms with Crippen molar-refractivity contribution in [1.29, 1.82) is 0 Å². The van der Waals surface area contributed by atoms with Crippen LogP contribution in [0.1, 0.15) is 5.56 Å². The van der Waals surface area contributed by atoms with Crippen molar-refractivity contribution in [2.45, 2.75) is 6.92 Å². The maximum Gasteiger partial charge on any atom is 0.265 e. The summed E-state index contributed by atoms with van der Waals surface area (Å²) in [7, 11) is 0. The SMILES string of the molecule is Cc1ccc2c(c1)N(C(=O)COc1ccccc1Cl)CCO2. The number of nitrogens with zero attached hydrogens (tertiary/aromatic N) is 1. The smallest absolute Gasteiger partial charge is 0.265 e. The van der Waals surface area contributed by atoms with Crippen LogP contribution in [0.2, 0.25) is 5.02 Å². The number of anilines is 1. The molecule has 1 aliphatic rings. The third-order valence-corrected chi connectivity index (χ3v) is 3.78. The van der Waals surface area contributed by atoms with Crippen molar-refractivity contribution >= 4 is 23.2 Å². The average Bonchev–Trinajstić information content (AvgIpc) is 2.53. The van der Waals surface area contributed by atoms with Gasteiger partial charge in [0.1, 0.15) is 18.1 Å². The molecule has 0 aliphatic carbocycles. The molecule has 4 nitrogen and oxygen atoms in total. The van der Waals surface area contributed by atoms with Crippen LogP contribution in [0.15, 0.2) is 42.5 Å². The van der Waals surface area contributed by atoms with Gasteiger partial charge in [-0.15, -0.1) is 0 Å². The van der Waals surface area contributed by atoms with E-state index in [1.165, 1.54) is 0 Å². The predicted octanol–water partition coefficient (Wildman–Crippen LogP) is 3.45. The topological polar surface area (TPSA) is 38.8 Å². The van der Waals surface area contributed by atoms with Gasteiger partial charge in [-0.05, 0) is 36.8 Å². The van der Waals surface area contributed by atoms with Gasteiger partial charge in [0, 0.05) is 0 Å². The normalized spacial score (nSPS) is 13.3. The fourth-order valence-electron chi connectivity index (χ4n) is 2.37. The van der Waals surface area contributed by atoms with Crippen molar-refractivity contribution in [2.75, 3.05) is 24.7 Å². The van der Waals surface area contributed by atoms with Gasteiger partial charge < -0.3 is 14.4 Å². The van der Waals surface area contributed by atoms with Crippen LogP contribution >= 0.6 is 11.6 Å². The fourth-order valence-corrected chi connectivity index (χ4v) is 2.56.